The van der Waals surface area contributed by atoms with Gasteiger partial charge in [-0.3, -0.25) is 0 Å². The van der Waals surface area contributed by atoms with Crippen molar-refractivity contribution in [2.45, 2.75) is 65.7 Å². The van der Waals surface area contributed by atoms with Crippen molar-refractivity contribution < 1.29 is 0 Å². The Hall–Kier alpha value is -0.820. The van der Waals surface area contributed by atoms with Crippen LogP contribution in [0.5, 0.6) is 0 Å². The van der Waals surface area contributed by atoms with Gasteiger partial charge in [-0.2, -0.15) is 0 Å². The topological polar surface area (TPSA) is 26.0 Å². The summed E-state index contributed by atoms with van der Waals surface area (Å²) in [4.78, 5) is 0. The monoisotopic (exact) mass is 285 g/mol. The maximum absolute atomic E-state index is 6.04. The molecule has 3 aliphatic carbocycles. The summed E-state index contributed by atoms with van der Waals surface area (Å²) in [6.07, 6.45) is 9.14. The summed E-state index contributed by atoms with van der Waals surface area (Å²) in [5, 5.41) is 0. The van der Waals surface area contributed by atoms with Gasteiger partial charge < -0.3 is 5.73 Å². The van der Waals surface area contributed by atoms with E-state index in [9.17, 15) is 0 Å². The smallest absolute Gasteiger partial charge is 0.00431 e. The number of rotatable bonds is 3. The predicted molar refractivity (Wildman–Crippen MR) is 91.0 cm³/mol. The fourth-order valence-corrected chi connectivity index (χ4v) is 4.93. The van der Waals surface area contributed by atoms with Gasteiger partial charge in [0.15, 0.2) is 0 Å². The number of hydrogen-bond donors (Lipinski definition) is 1. The zero-order chi connectivity index (χ0) is 15.2. The van der Waals surface area contributed by atoms with Crippen LogP contribution in [0.3, 0.4) is 0 Å². The summed E-state index contributed by atoms with van der Waals surface area (Å²) in [5.74, 6) is 1.44. The van der Waals surface area contributed by atoms with Crippen molar-refractivity contribution in [2.75, 3.05) is 6.54 Å². The zero-order valence-corrected chi connectivity index (χ0v) is 14.1. The van der Waals surface area contributed by atoms with Crippen molar-refractivity contribution in [2.24, 2.45) is 23.0 Å². The number of hydrogen-bond acceptors (Lipinski definition) is 1. The maximum atomic E-state index is 6.04. The van der Waals surface area contributed by atoms with Crippen LogP contribution in [0.4, 0.5) is 0 Å². The molecule has 3 rings (SSSR count). The maximum Gasteiger partial charge on any atom is -0.00431 e. The zero-order valence-electron chi connectivity index (χ0n) is 14.1. The Balaban J connectivity index is 1.97. The highest BCUT2D eigenvalue weighted by molar-refractivity contribution is 5.58. The number of nitrogens with two attached hydrogens (primary N) is 1. The van der Waals surface area contributed by atoms with E-state index >= 15 is 0 Å². The van der Waals surface area contributed by atoms with Gasteiger partial charge in [-0.05, 0) is 80.4 Å². The second-order valence-electron chi connectivity index (χ2n) is 8.31. The average molecular weight is 285 g/mol. The Morgan fingerprint density at radius 3 is 2.76 bits per heavy atom. The first-order valence-corrected chi connectivity index (χ1v) is 8.73. The summed E-state index contributed by atoms with van der Waals surface area (Å²) >= 11 is 0. The summed E-state index contributed by atoms with van der Waals surface area (Å²) in [5.41, 5.74) is 14.4. The fraction of sp³-hybridized carbons (Fsp3) is 0.700. The van der Waals surface area contributed by atoms with Crippen molar-refractivity contribution >= 4 is 0 Å². The lowest BCUT2D eigenvalue weighted by Gasteiger charge is -2.32. The van der Waals surface area contributed by atoms with Gasteiger partial charge in [-0.1, -0.05) is 43.6 Å². The molecule has 0 heterocycles. The van der Waals surface area contributed by atoms with Crippen LogP contribution >= 0.6 is 0 Å². The fourth-order valence-electron chi connectivity index (χ4n) is 4.93. The van der Waals surface area contributed by atoms with Crippen LogP contribution in [0.15, 0.2) is 34.4 Å². The molecule has 0 amide bonds. The van der Waals surface area contributed by atoms with E-state index in [0.717, 1.165) is 12.5 Å². The Bertz CT molecular complexity index is 518. The molecule has 1 saturated carbocycles. The standard InChI is InChI=1S/C20H31N/c1-13(2)19-17(16-7-5-6-15(16)12-21)10-14-8-9-20(3,4)11-18(14)19/h15-16H,1,5-12,21H2,2-4H3. The van der Waals surface area contributed by atoms with Gasteiger partial charge in [-0.25, -0.2) is 0 Å². The molecule has 1 fully saturated rings. The van der Waals surface area contributed by atoms with Gasteiger partial charge in [0.1, 0.15) is 0 Å². The summed E-state index contributed by atoms with van der Waals surface area (Å²) in [6.45, 7) is 12.2. The third-order valence-corrected chi connectivity index (χ3v) is 6.05. The Morgan fingerprint density at radius 1 is 1.33 bits per heavy atom. The highest BCUT2D eigenvalue weighted by Gasteiger charge is 2.38. The molecule has 0 aromatic carbocycles. The largest absolute Gasteiger partial charge is 0.330 e. The molecule has 2 unspecified atom stereocenters. The van der Waals surface area contributed by atoms with Gasteiger partial charge in [0.2, 0.25) is 0 Å². The molecule has 0 aromatic heterocycles. The van der Waals surface area contributed by atoms with Crippen LogP contribution in [0.2, 0.25) is 0 Å². The molecule has 0 aliphatic heterocycles. The highest BCUT2D eigenvalue weighted by Crippen LogP contribution is 2.53. The van der Waals surface area contributed by atoms with E-state index in [-0.39, 0.29) is 0 Å². The van der Waals surface area contributed by atoms with E-state index in [2.05, 4.69) is 27.4 Å². The third-order valence-electron chi connectivity index (χ3n) is 6.05. The predicted octanol–water partition coefficient (Wildman–Crippen LogP) is 5.14. The van der Waals surface area contributed by atoms with Gasteiger partial charge in [0.25, 0.3) is 0 Å². The minimum Gasteiger partial charge on any atom is -0.330 e. The highest BCUT2D eigenvalue weighted by atomic mass is 14.6. The second-order valence-corrected chi connectivity index (χ2v) is 8.31. The number of allylic oxidation sites excluding steroid dienone is 5. The Morgan fingerprint density at radius 2 is 2.10 bits per heavy atom. The molecule has 21 heavy (non-hydrogen) atoms. The van der Waals surface area contributed by atoms with Gasteiger partial charge in [0.05, 0.1) is 0 Å². The first-order valence-electron chi connectivity index (χ1n) is 8.73. The lowest BCUT2D eigenvalue weighted by atomic mass is 9.73. The van der Waals surface area contributed by atoms with E-state index in [1.807, 2.05) is 0 Å². The summed E-state index contributed by atoms with van der Waals surface area (Å²) in [7, 11) is 0. The average Bonchev–Trinajstić information content (AvgIpc) is 2.99. The lowest BCUT2D eigenvalue weighted by Crippen LogP contribution is -2.20. The van der Waals surface area contributed by atoms with Crippen molar-refractivity contribution in [3.63, 3.8) is 0 Å². The molecule has 116 valence electrons. The molecule has 1 nitrogen and oxygen atoms in total. The molecule has 0 spiro atoms. The Kier molecular flexibility index (Phi) is 3.90. The molecule has 0 radical (unpaired) electrons. The van der Waals surface area contributed by atoms with E-state index in [1.54, 1.807) is 22.3 Å². The van der Waals surface area contributed by atoms with Crippen LogP contribution < -0.4 is 5.73 Å². The van der Waals surface area contributed by atoms with Crippen molar-refractivity contribution in [3.8, 4) is 0 Å². The van der Waals surface area contributed by atoms with Crippen LogP contribution in [0.25, 0.3) is 0 Å². The van der Waals surface area contributed by atoms with Gasteiger partial charge in [0, 0.05) is 0 Å². The van der Waals surface area contributed by atoms with Crippen LogP contribution in [0, 0.1) is 17.3 Å². The van der Waals surface area contributed by atoms with Gasteiger partial charge in [-0.15, -0.1) is 0 Å². The van der Waals surface area contributed by atoms with Gasteiger partial charge >= 0.3 is 0 Å². The molecule has 0 saturated heterocycles. The van der Waals surface area contributed by atoms with E-state index in [4.69, 9.17) is 5.73 Å². The first-order chi connectivity index (χ1) is 9.93. The molecule has 2 atom stereocenters. The second kappa shape index (κ2) is 5.43. The van der Waals surface area contributed by atoms with Crippen LogP contribution in [0.1, 0.15) is 65.7 Å². The van der Waals surface area contributed by atoms with E-state index in [1.165, 1.54) is 50.5 Å². The summed E-state index contributed by atoms with van der Waals surface area (Å²) < 4.78 is 0. The molecule has 1 heteroatoms. The molecular formula is C20H31N. The molecule has 0 bridgehead atoms. The van der Waals surface area contributed by atoms with Crippen molar-refractivity contribution in [1.82, 2.24) is 0 Å². The molecule has 0 aromatic rings. The molecule has 2 N–H and O–H groups in total. The van der Waals surface area contributed by atoms with Crippen molar-refractivity contribution in [1.29, 1.82) is 0 Å². The molecular weight excluding hydrogens is 254 g/mol. The first kappa shape index (κ1) is 15.1. The normalized spacial score (nSPS) is 31.8. The lowest BCUT2D eigenvalue weighted by molar-refractivity contribution is 0.316. The van der Waals surface area contributed by atoms with E-state index in [0.29, 0.717) is 11.3 Å². The SMILES string of the molecule is C=C(C)C1=C(C2CCCC2CN)CC2=C1CC(C)(C)CC2. The summed E-state index contributed by atoms with van der Waals surface area (Å²) in [6, 6.07) is 0. The van der Waals surface area contributed by atoms with Crippen LogP contribution in [-0.4, -0.2) is 6.54 Å². The van der Waals surface area contributed by atoms with Crippen LogP contribution in [-0.2, 0) is 0 Å². The molecule has 3 aliphatic rings. The van der Waals surface area contributed by atoms with E-state index < -0.39 is 0 Å². The third kappa shape index (κ3) is 2.65. The minimum atomic E-state index is 0.456. The Labute approximate surface area is 130 Å². The minimum absolute atomic E-state index is 0.456. The quantitative estimate of drug-likeness (QED) is 0.763. The van der Waals surface area contributed by atoms with Crippen molar-refractivity contribution in [3.05, 3.63) is 34.4 Å².